The van der Waals surface area contributed by atoms with E-state index in [9.17, 15) is 8.42 Å². The zero-order valence-electron chi connectivity index (χ0n) is 15.6. The summed E-state index contributed by atoms with van der Waals surface area (Å²) < 4.78 is 45.4. The van der Waals surface area contributed by atoms with Crippen molar-refractivity contribution in [3.8, 4) is 17.2 Å². The molecule has 0 bridgehead atoms. The topological polar surface area (TPSA) is 73.9 Å². The largest absolute Gasteiger partial charge is 0.497 e. The fraction of sp³-hybridized carbons (Fsp3) is 0.368. The van der Waals surface area contributed by atoms with Gasteiger partial charge in [-0.2, -0.15) is 0 Å². The molecule has 8 heteroatoms. The molecule has 0 amide bonds. The van der Waals surface area contributed by atoms with Gasteiger partial charge in [-0.3, -0.25) is 0 Å². The van der Waals surface area contributed by atoms with Gasteiger partial charge >= 0.3 is 0 Å². The standard InChI is InChI=1S/C19H22ClNO5S/c1-19(2)11-15(14-10-13(24-3)6-8-16(14)26-19)21-27(22,23)18-9-12(20)5-7-17(18)25-4/h5-10,15,21H,11H2,1-4H3. The summed E-state index contributed by atoms with van der Waals surface area (Å²) >= 11 is 6.00. The van der Waals surface area contributed by atoms with Crippen molar-refractivity contribution in [3.05, 3.63) is 47.0 Å². The third-order valence-electron chi connectivity index (χ3n) is 4.39. The van der Waals surface area contributed by atoms with Crippen LogP contribution in [0.1, 0.15) is 31.9 Å². The van der Waals surface area contributed by atoms with Gasteiger partial charge < -0.3 is 14.2 Å². The summed E-state index contributed by atoms with van der Waals surface area (Å²) in [6.07, 6.45) is 0.454. The number of hydrogen-bond acceptors (Lipinski definition) is 5. The minimum absolute atomic E-state index is 0.00811. The van der Waals surface area contributed by atoms with Gasteiger partial charge in [-0.15, -0.1) is 0 Å². The lowest BCUT2D eigenvalue weighted by molar-refractivity contribution is 0.0700. The fourth-order valence-corrected chi connectivity index (χ4v) is 4.82. The smallest absolute Gasteiger partial charge is 0.244 e. The molecule has 27 heavy (non-hydrogen) atoms. The Hall–Kier alpha value is -1.96. The van der Waals surface area contributed by atoms with Crippen molar-refractivity contribution < 1.29 is 22.6 Å². The molecule has 1 aliphatic heterocycles. The number of methoxy groups -OCH3 is 2. The van der Waals surface area contributed by atoms with E-state index in [0.717, 1.165) is 5.56 Å². The third kappa shape index (κ3) is 4.15. The first kappa shape index (κ1) is 19.8. The molecule has 0 radical (unpaired) electrons. The Kier molecular flexibility index (Phi) is 5.29. The maximum absolute atomic E-state index is 13.1. The summed E-state index contributed by atoms with van der Waals surface area (Å²) in [5.41, 5.74) is 0.186. The highest BCUT2D eigenvalue weighted by atomic mass is 35.5. The molecule has 0 aliphatic carbocycles. The molecule has 1 heterocycles. The van der Waals surface area contributed by atoms with E-state index in [1.165, 1.54) is 19.2 Å². The lowest BCUT2D eigenvalue weighted by Gasteiger charge is -2.38. The van der Waals surface area contributed by atoms with E-state index in [1.807, 2.05) is 13.8 Å². The zero-order valence-corrected chi connectivity index (χ0v) is 17.1. The molecule has 0 saturated heterocycles. The van der Waals surface area contributed by atoms with Crippen molar-refractivity contribution in [2.75, 3.05) is 14.2 Å². The first-order valence-corrected chi connectivity index (χ1v) is 10.2. The van der Waals surface area contributed by atoms with Crippen LogP contribution in [-0.4, -0.2) is 28.2 Å². The summed E-state index contributed by atoms with van der Waals surface area (Å²) in [4.78, 5) is -0.00811. The summed E-state index contributed by atoms with van der Waals surface area (Å²) in [6, 6.07) is 9.35. The number of ether oxygens (including phenoxy) is 3. The van der Waals surface area contributed by atoms with E-state index in [-0.39, 0.29) is 10.6 Å². The molecule has 6 nitrogen and oxygen atoms in total. The molecule has 1 aliphatic rings. The molecule has 1 N–H and O–H groups in total. The second-order valence-corrected chi connectivity index (χ2v) is 9.06. The van der Waals surface area contributed by atoms with Crippen LogP contribution >= 0.6 is 11.6 Å². The Balaban J connectivity index is 2.03. The predicted octanol–water partition coefficient (Wildman–Crippen LogP) is 3.94. The van der Waals surface area contributed by atoms with E-state index in [0.29, 0.717) is 22.9 Å². The average Bonchev–Trinajstić information content (AvgIpc) is 2.60. The molecule has 0 fully saturated rings. The maximum atomic E-state index is 13.1. The zero-order chi connectivity index (χ0) is 19.8. The van der Waals surface area contributed by atoms with E-state index >= 15 is 0 Å². The SMILES string of the molecule is COc1ccc2c(c1)C(NS(=O)(=O)c1cc(Cl)ccc1OC)CC(C)(C)O2. The second-order valence-electron chi connectivity index (χ2n) is 6.94. The molecule has 1 atom stereocenters. The van der Waals surface area contributed by atoms with Gasteiger partial charge in [-0.25, -0.2) is 13.1 Å². The van der Waals surface area contributed by atoms with Crippen LogP contribution in [0.25, 0.3) is 0 Å². The van der Waals surface area contributed by atoms with E-state index in [1.54, 1.807) is 31.4 Å². The Morgan fingerprint density at radius 1 is 1.15 bits per heavy atom. The first-order valence-electron chi connectivity index (χ1n) is 8.38. The van der Waals surface area contributed by atoms with Crippen molar-refractivity contribution in [3.63, 3.8) is 0 Å². The van der Waals surface area contributed by atoms with Crippen molar-refractivity contribution in [2.24, 2.45) is 0 Å². The van der Waals surface area contributed by atoms with Gasteiger partial charge in [0, 0.05) is 17.0 Å². The molecule has 0 aromatic heterocycles. The van der Waals surface area contributed by atoms with Crippen LogP contribution < -0.4 is 18.9 Å². The van der Waals surface area contributed by atoms with Crippen LogP contribution in [0, 0.1) is 0 Å². The Labute approximate surface area is 164 Å². The molecule has 146 valence electrons. The van der Waals surface area contributed by atoms with Gasteiger partial charge in [0.05, 0.1) is 20.3 Å². The molecule has 2 aromatic carbocycles. The maximum Gasteiger partial charge on any atom is 0.244 e. The fourth-order valence-electron chi connectivity index (χ4n) is 3.18. The van der Waals surface area contributed by atoms with Gasteiger partial charge in [-0.05, 0) is 50.2 Å². The number of nitrogens with one attached hydrogen (secondary N) is 1. The summed E-state index contributed by atoms with van der Waals surface area (Å²) in [6.45, 7) is 3.84. The normalized spacial score (nSPS) is 18.3. The Morgan fingerprint density at radius 2 is 1.89 bits per heavy atom. The van der Waals surface area contributed by atoms with Gasteiger partial charge in [-0.1, -0.05) is 11.6 Å². The number of rotatable bonds is 5. The lowest BCUT2D eigenvalue weighted by Crippen LogP contribution is -2.41. The van der Waals surface area contributed by atoms with Crippen molar-refractivity contribution in [1.29, 1.82) is 0 Å². The number of sulfonamides is 1. The predicted molar refractivity (Wildman–Crippen MR) is 103 cm³/mol. The quantitative estimate of drug-likeness (QED) is 0.806. The van der Waals surface area contributed by atoms with E-state index in [4.69, 9.17) is 25.8 Å². The molecular formula is C19H22ClNO5S. The van der Waals surface area contributed by atoms with Crippen LogP contribution in [0.4, 0.5) is 0 Å². The van der Waals surface area contributed by atoms with Crippen molar-refractivity contribution in [1.82, 2.24) is 4.72 Å². The molecule has 3 rings (SSSR count). The van der Waals surface area contributed by atoms with Crippen LogP contribution in [-0.2, 0) is 10.0 Å². The first-order chi connectivity index (χ1) is 12.6. The molecular weight excluding hydrogens is 390 g/mol. The highest BCUT2D eigenvalue weighted by Crippen LogP contribution is 2.42. The molecule has 0 spiro atoms. The second kappa shape index (κ2) is 7.22. The number of fused-ring (bicyclic) bond motifs is 1. The number of halogens is 1. The lowest BCUT2D eigenvalue weighted by atomic mass is 9.90. The minimum Gasteiger partial charge on any atom is -0.497 e. The van der Waals surface area contributed by atoms with Gasteiger partial charge in [0.1, 0.15) is 27.7 Å². The van der Waals surface area contributed by atoms with Crippen LogP contribution in [0.2, 0.25) is 5.02 Å². The van der Waals surface area contributed by atoms with Crippen LogP contribution in [0.5, 0.6) is 17.2 Å². The Morgan fingerprint density at radius 3 is 2.56 bits per heavy atom. The van der Waals surface area contributed by atoms with Gasteiger partial charge in [0.2, 0.25) is 10.0 Å². The van der Waals surface area contributed by atoms with Gasteiger partial charge in [0.15, 0.2) is 0 Å². The molecule has 2 aromatic rings. The highest BCUT2D eigenvalue weighted by Gasteiger charge is 2.37. The third-order valence-corrected chi connectivity index (χ3v) is 6.11. The van der Waals surface area contributed by atoms with Gasteiger partial charge in [0.25, 0.3) is 0 Å². The van der Waals surface area contributed by atoms with E-state index in [2.05, 4.69) is 4.72 Å². The van der Waals surface area contributed by atoms with Crippen LogP contribution in [0.15, 0.2) is 41.3 Å². The Bertz CT molecular complexity index is 959. The van der Waals surface area contributed by atoms with Crippen molar-refractivity contribution in [2.45, 2.75) is 36.8 Å². The summed E-state index contributed by atoms with van der Waals surface area (Å²) in [5.74, 6) is 1.48. The highest BCUT2D eigenvalue weighted by molar-refractivity contribution is 7.89. The number of benzene rings is 2. The molecule has 0 saturated carbocycles. The minimum atomic E-state index is -3.89. The summed E-state index contributed by atoms with van der Waals surface area (Å²) in [7, 11) is -0.916. The molecule has 1 unspecified atom stereocenters. The van der Waals surface area contributed by atoms with Crippen molar-refractivity contribution >= 4 is 21.6 Å². The summed E-state index contributed by atoms with van der Waals surface area (Å²) in [5, 5.41) is 0.311. The van der Waals surface area contributed by atoms with Crippen LogP contribution in [0.3, 0.4) is 0 Å². The number of hydrogen-bond donors (Lipinski definition) is 1. The van der Waals surface area contributed by atoms with E-state index < -0.39 is 21.7 Å². The average molecular weight is 412 g/mol. The monoisotopic (exact) mass is 411 g/mol.